The Balaban J connectivity index is 1.17. The van der Waals surface area contributed by atoms with Crippen LogP contribution in [0.3, 0.4) is 0 Å². The molecular formula is C48H34N2. The molecule has 0 N–H and O–H groups in total. The van der Waals surface area contributed by atoms with Crippen molar-refractivity contribution in [1.82, 2.24) is 9.55 Å². The lowest BCUT2D eigenvalue weighted by atomic mass is 9.80. The molecule has 0 unspecified atom stereocenters. The van der Waals surface area contributed by atoms with Crippen LogP contribution in [0.2, 0.25) is 0 Å². The van der Waals surface area contributed by atoms with E-state index in [0.717, 1.165) is 38.2 Å². The number of hydrogen-bond donors (Lipinski definition) is 0. The van der Waals surface area contributed by atoms with Crippen LogP contribution in [0, 0.1) is 0 Å². The molecule has 1 heterocycles. The van der Waals surface area contributed by atoms with Crippen molar-refractivity contribution in [3.63, 3.8) is 0 Å². The number of benzene rings is 8. The molecule has 0 atom stereocenters. The van der Waals surface area contributed by atoms with Crippen LogP contribution in [0.15, 0.2) is 170 Å². The van der Waals surface area contributed by atoms with Crippen molar-refractivity contribution in [2.75, 3.05) is 0 Å². The lowest BCUT2D eigenvalue weighted by Crippen LogP contribution is -2.14. The monoisotopic (exact) mass is 649 g/mol. The molecule has 0 fully saturated rings. The second-order valence-electron chi connectivity index (χ2n) is 12.7. The minimum absolute atomic E-state index is 0.0109. The second-order valence-corrected chi connectivity index (χ2v) is 12.7. The van der Waals surface area contributed by atoms with Gasteiger partial charge in [-0.1, -0.05) is 153 Å². The van der Waals surface area contributed by atoms with Gasteiger partial charge in [0.25, 0.3) is 0 Å². The predicted octanol–water partition coefficient (Wildman–Crippen LogP) is 12.6. The van der Waals surface area contributed by atoms with Crippen LogP contribution in [0.1, 0.15) is 39.9 Å². The Morgan fingerprint density at radius 2 is 1.10 bits per heavy atom. The van der Waals surface area contributed by atoms with Crippen LogP contribution >= 0.6 is 0 Å². The van der Waals surface area contributed by atoms with Crippen LogP contribution in [-0.4, -0.2) is 9.55 Å². The first-order valence-electron chi connectivity index (χ1n) is 22.0. The summed E-state index contributed by atoms with van der Waals surface area (Å²) in [6, 6.07) is 41.6. The highest BCUT2D eigenvalue weighted by atomic mass is 15.1. The zero-order chi connectivity index (χ0) is 42.7. The van der Waals surface area contributed by atoms with E-state index in [-0.39, 0.29) is 28.9 Å². The van der Waals surface area contributed by atoms with Gasteiger partial charge in [0.05, 0.1) is 17.9 Å². The quantitative estimate of drug-likeness (QED) is 0.174. The average Bonchev–Trinajstić information content (AvgIpc) is 3.78. The molecule has 2 heteroatoms. The fourth-order valence-electron chi connectivity index (χ4n) is 7.77. The molecule has 0 radical (unpaired) electrons. The first kappa shape index (κ1) is 19.7. The van der Waals surface area contributed by atoms with Gasteiger partial charge in [-0.05, 0) is 96.3 Å². The number of imidazole rings is 1. The summed E-state index contributed by atoms with van der Waals surface area (Å²) in [5.41, 5.74) is 4.77. The predicted molar refractivity (Wildman–Crippen MR) is 210 cm³/mol. The van der Waals surface area contributed by atoms with Gasteiger partial charge in [0, 0.05) is 24.9 Å². The topological polar surface area (TPSA) is 17.8 Å². The van der Waals surface area contributed by atoms with Gasteiger partial charge in [0.15, 0.2) is 0 Å². The van der Waals surface area contributed by atoms with Crippen molar-refractivity contribution >= 4 is 32.6 Å². The first-order valence-corrected chi connectivity index (χ1v) is 16.5. The molecule has 9 aromatic rings. The van der Waals surface area contributed by atoms with E-state index in [0.29, 0.717) is 39.1 Å². The molecule has 1 aliphatic carbocycles. The van der Waals surface area contributed by atoms with E-state index >= 15 is 0 Å². The third kappa shape index (κ3) is 4.18. The molecular weight excluding hydrogens is 605 g/mol. The number of rotatable bonds is 4. The Bertz CT molecular complexity index is 3190. The number of fused-ring (bicyclic) bond motifs is 6. The summed E-state index contributed by atoms with van der Waals surface area (Å²) in [7, 11) is 0. The van der Waals surface area contributed by atoms with Gasteiger partial charge >= 0.3 is 0 Å². The summed E-state index contributed by atoms with van der Waals surface area (Å²) in [5.74, 6) is 0.417. The Kier molecular flexibility index (Phi) is 4.28. The normalized spacial score (nSPS) is 16.8. The number of hydrogen-bond acceptors (Lipinski definition) is 1. The Labute approximate surface area is 307 Å². The van der Waals surface area contributed by atoms with Gasteiger partial charge in [-0.25, -0.2) is 4.98 Å². The molecule has 8 aromatic carbocycles. The van der Waals surface area contributed by atoms with Gasteiger partial charge < -0.3 is 0 Å². The van der Waals surface area contributed by atoms with Crippen molar-refractivity contribution in [2.24, 2.45) is 0 Å². The van der Waals surface area contributed by atoms with E-state index in [9.17, 15) is 0 Å². The van der Waals surface area contributed by atoms with Crippen LogP contribution in [0.4, 0.5) is 0 Å². The first-order chi connectivity index (χ1) is 29.1. The molecule has 0 saturated heterocycles. The molecule has 0 bridgehead atoms. The average molecular weight is 650 g/mol. The highest BCUT2D eigenvalue weighted by Gasteiger charge is 2.35. The Hall–Kier alpha value is -6.25. The zero-order valence-corrected chi connectivity index (χ0v) is 26.7. The van der Waals surface area contributed by atoms with Gasteiger partial charge in [-0.15, -0.1) is 0 Å². The molecule has 1 aromatic heterocycles. The lowest BCUT2D eigenvalue weighted by Gasteiger charge is -2.23. The van der Waals surface area contributed by atoms with E-state index in [2.05, 4.69) is 0 Å². The van der Waals surface area contributed by atoms with E-state index in [1.807, 2.05) is 109 Å². The molecule has 1 aliphatic rings. The van der Waals surface area contributed by atoms with Gasteiger partial charge in [-0.2, -0.15) is 0 Å². The molecule has 0 saturated carbocycles. The van der Waals surface area contributed by atoms with Gasteiger partial charge in [-0.3, -0.25) is 4.57 Å². The highest BCUT2D eigenvalue weighted by Crippen LogP contribution is 2.51. The highest BCUT2D eigenvalue weighted by molar-refractivity contribution is 6.21. The summed E-state index contributed by atoms with van der Waals surface area (Å²) in [6.45, 7) is -5.78. The molecule has 2 nitrogen and oxygen atoms in total. The summed E-state index contributed by atoms with van der Waals surface area (Å²) in [4.78, 5) is 4.91. The number of nitrogens with zero attached hydrogens (tertiary/aromatic N) is 2. The zero-order valence-electron chi connectivity index (χ0n) is 37.7. The third-order valence-electron chi connectivity index (χ3n) is 9.97. The fourth-order valence-corrected chi connectivity index (χ4v) is 7.77. The van der Waals surface area contributed by atoms with Crippen LogP contribution in [0.25, 0.3) is 83.0 Å². The largest absolute Gasteiger partial charge is 0.292 e. The Morgan fingerprint density at radius 3 is 1.80 bits per heavy atom. The van der Waals surface area contributed by atoms with Crippen LogP contribution in [0.5, 0.6) is 0 Å². The van der Waals surface area contributed by atoms with E-state index in [1.54, 1.807) is 34.9 Å². The van der Waals surface area contributed by atoms with Crippen LogP contribution in [-0.2, 0) is 5.41 Å². The summed E-state index contributed by atoms with van der Waals surface area (Å²) in [5, 5.41) is 3.65. The summed E-state index contributed by atoms with van der Waals surface area (Å²) >= 11 is 0. The van der Waals surface area contributed by atoms with Gasteiger partial charge in [0.2, 0.25) is 0 Å². The van der Waals surface area contributed by atoms with Crippen LogP contribution < -0.4 is 0 Å². The molecule has 236 valence electrons. The van der Waals surface area contributed by atoms with E-state index < -0.39 is 37.2 Å². The molecule has 10 rings (SSSR count). The molecule has 50 heavy (non-hydrogen) atoms. The third-order valence-corrected chi connectivity index (χ3v) is 9.97. The van der Waals surface area contributed by atoms with Gasteiger partial charge in [0.1, 0.15) is 5.82 Å². The van der Waals surface area contributed by atoms with Crippen molar-refractivity contribution in [2.45, 2.75) is 19.1 Å². The lowest BCUT2D eigenvalue weighted by molar-refractivity contribution is 0.660. The Morgan fingerprint density at radius 1 is 0.540 bits per heavy atom. The molecule has 0 amide bonds. The van der Waals surface area contributed by atoms with Crippen molar-refractivity contribution in [3.05, 3.63) is 181 Å². The van der Waals surface area contributed by atoms with Crippen molar-refractivity contribution in [1.29, 1.82) is 0 Å². The minimum atomic E-state index is -2.89. The van der Waals surface area contributed by atoms with E-state index in [1.165, 1.54) is 0 Å². The van der Waals surface area contributed by atoms with E-state index in [4.69, 9.17) is 20.1 Å². The maximum atomic E-state index is 8.79. The van der Waals surface area contributed by atoms with Crippen molar-refractivity contribution < 1.29 is 15.1 Å². The maximum absolute atomic E-state index is 8.79. The standard InChI is InChI=1S/C48H34N2/c1-48(2)41-21-11-10-16-35(41)36-29-28-33(30-42(36)48)46-39-19-8-6-17-37(39)45(38-18-7-9-20-40(38)46)31-24-26-32(27-25-31)47-49-43-22-12-13-23-44(43)50(47)34-14-4-3-5-15-34/h3-30H,1-2H3/i1D3,2D3,3D,4D,5D,14D,15D. The number of aromatic nitrogens is 2. The van der Waals surface area contributed by atoms with Crippen molar-refractivity contribution in [3.8, 4) is 50.5 Å². The summed E-state index contributed by atoms with van der Waals surface area (Å²) in [6.07, 6.45) is 0. The maximum Gasteiger partial charge on any atom is 0.145 e. The second kappa shape index (κ2) is 10.9. The summed E-state index contributed by atoms with van der Waals surface area (Å²) < 4.78 is 96.9. The molecule has 0 spiro atoms. The SMILES string of the molecule is [2H]c1c([2H])c([2H])c(-n2c(-c3ccc(-c4c5ccccc5c(-c5ccc6c(c5)C(C([2H])([2H])[2H])(C([2H])([2H])[2H])c5ccccc5-6)c5ccccc45)cc3)nc3ccccc32)c([2H])c1[2H]. The molecule has 0 aliphatic heterocycles. The smallest absolute Gasteiger partial charge is 0.145 e. The minimum Gasteiger partial charge on any atom is -0.292 e. The fraction of sp³-hybridized carbons (Fsp3) is 0.0625. The number of para-hydroxylation sites is 3.